The maximum Gasteiger partial charge on any atom is 0.416 e. The van der Waals surface area contributed by atoms with Crippen molar-refractivity contribution in [1.29, 1.82) is 0 Å². The molecule has 1 N–H and O–H groups in total. The molecule has 30 heavy (non-hydrogen) atoms. The van der Waals surface area contributed by atoms with E-state index in [1.165, 1.54) is 12.1 Å². The molecule has 162 valence electrons. The number of alkyl halides is 3. The Morgan fingerprint density at radius 3 is 2.30 bits per heavy atom. The number of rotatable bonds is 7. The first kappa shape index (κ1) is 23.7. The number of amides is 1. The highest BCUT2D eigenvalue weighted by Crippen LogP contribution is 2.36. The van der Waals surface area contributed by atoms with Gasteiger partial charge in [0.25, 0.3) is 5.69 Å². The van der Waals surface area contributed by atoms with E-state index in [9.17, 15) is 36.5 Å². The van der Waals surface area contributed by atoms with Crippen LogP contribution in [0.15, 0.2) is 52.3 Å². The minimum atomic E-state index is -4.71. The van der Waals surface area contributed by atoms with Crippen molar-refractivity contribution in [2.45, 2.75) is 28.9 Å². The molecule has 0 saturated carbocycles. The number of sulfone groups is 1. The normalized spacial score (nSPS) is 13.0. The van der Waals surface area contributed by atoms with Crippen LogP contribution in [0.25, 0.3) is 0 Å². The van der Waals surface area contributed by atoms with Crippen molar-refractivity contribution in [3.63, 3.8) is 0 Å². The molecule has 0 spiro atoms. The Hall–Kier alpha value is -2.60. The Morgan fingerprint density at radius 1 is 1.20 bits per heavy atom. The average Bonchev–Trinajstić information content (AvgIpc) is 2.64. The summed E-state index contributed by atoms with van der Waals surface area (Å²) >= 11 is 0.745. The zero-order valence-electron chi connectivity index (χ0n) is 15.8. The molecule has 2 aromatic rings. The van der Waals surface area contributed by atoms with Crippen LogP contribution in [0.3, 0.4) is 0 Å². The number of nitro groups is 1. The molecule has 2 aromatic carbocycles. The van der Waals surface area contributed by atoms with Crippen LogP contribution in [-0.4, -0.2) is 31.3 Å². The largest absolute Gasteiger partial charge is 0.416 e. The molecule has 0 aliphatic heterocycles. The summed E-state index contributed by atoms with van der Waals surface area (Å²) in [6.07, 6.45) is -3.64. The molecule has 1 atom stereocenters. The van der Waals surface area contributed by atoms with Gasteiger partial charge in [0.15, 0.2) is 9.84 Å². The van der Waals surface area contributed by atoms with Crippen LogP contribution >= 0.6 is 11.8 Å². The van der Waals surface area contributed by atoms with E-state index in [0.717, 1.165) is 30.2 Å². The maximum absolute atomic E-state index is 12.7. The molecule has 0 aliphatic rings. The van der Waals surface area contributed by atoms with Gasteiger partial charge in [-0.05, 0) is 36.8 Å². The number of thioether (sulfide) groups is 1. The van der Waals surface area contributed by atoms with Crippen molar-refractivity contribution in [3.05, 3.63) is 63.7 Å². The molecule has 0 aliphatic carbocycles. The summed E-state index contributed by atoms with van der Waals surface area (Å²) in [6, 6.07) is 7.57. The molecule has 0 fully saturated rings. The second-order valence-corrected chi connectivity index (χ2v) is 9.39. The molecule has 1 amide bonds. The standard InChI is InChI=1S/C18H17F3N2O5S2/c1-11(12-3-6-14(7-4-12)30(2,27)28)22-17(24)10-29-16-8-5-13(18(19,20)21)9-15(16)23(25)26/h3-9,11H,10H2,1-2H3,(H,22,24). The predicted octanol–water partition coefficient (Wildman–Crippen LogP) is 3.99. The molecular weight excluding hydrogens is 445 g/mol. The monoisotopic (exact) mass is 462 g/mol. The van der Waals surface area contributed by atoms with E-state index in [0.29, 0.717) is 11.6 Å². The van der Waals surface area contributed by atoms with Gasteiger partial charge >= 0.3 is 6.18 Å². The van der Waals surface area contributed by atoms with Crippen molar-refractivity contribution in [2.24, 2.45) is 0 Å². The summed E-state index contributed by atoms with van der Waals surface area (Å²) in [5.41, 5.74) is -1.23. The minimum absolute atomic E-state index is 0.0618. The zero-order valence-corrected chi connectivity index (χ0v) is 17.4. The predicted molar refractivity (Wildman–Crippen MR) is 105 cm³/mol. The number of carbonyl (C=O) groups is 1. The summed E-state index contributed by atoms with van der Waals surface area (Å²) in [7, 11) is -3.35. The van der Waals surface area contributed by atoms with Crippen LogP contribution in [0.5, 0.6) is 0 Å². The number of benzene rings is 2. The third-order valence-corrected chi connectivity index (χ3v) is 6.22. The average molecular weight is 462 g/mol. The Bertz CT molecular complexity index is 1050. The summed E-state index contributed by atoms with van der Waals surface area (Å²) in [6.45, 7) is 1.67. The fourth-order valence-corrected chi connectivity index (χ4v) is 3.92. The fraction of sp³-hybridized carbons (Fsp3) is 0.278. The van der Waals surface area contributed by atoms with Gasteiger partial charge in [-0.2, -0.15) is 13.2 Å². The third kappa shape index (κ3) is 6.20. The van der Waals surface area contributed by atoms with Gasteiger partial charge < -0.3 is 5.32 Å². The Balaban J connectivity index is 2.04. The molecule has 0 aromatic heterocycles. The van der Waals surface area contributed by atoms with Crippen LogP contribution in [0.1, 0.15) is 24.1 Å². The number of halogens is 3. The van der Waals surface area contributed by atoms with Gasteiger partial charge in [-0.1, -0.05) is 12.1 Å². The highest BCUT2D eigenvalue weighted by Gasteiger charge is 2.33. The smallest absolute Gasteiger partial charge is 0.349 e. The van der Waals surface area contributed by atoms with E-state index in [4.69, 9.17) is 0 Å². The highest BCUT2D eigenvalue weighted by molar-refractivity contribution is 8.00. The maximum atomic E-state index is 12.7. The number of nitrogens with zero attached hydrogens (tertiary/aromatic N) is 1. The van der Waals surface area contributed by atoms with E-state index >= 15 is 0 Å². The quantitative estimate of drug-likeness (QED) is 0.379. The topological polar surface area (TPSA) is 106 Å². The third-order valence-electron chi connectivity index (χ3n) is 4.03. The summed E-state index contributed by atoms with van der Waals surface area (Å²) < 4.78 is 61.2. The van der Waals surface area contributed by atoms with Gasteiger partial charge in [0.1, 0.15) is 0 Å². The Labute approximate surface area is 174 Å². The lowest BCUT2D eigenvalue weighted by Crippen LogP contribution is -2.28. The number of hydrogen-bond donors (Lipinski definition) is 1. The number of hydrogen-bond acceptors (Lipinski definition) is 6. The summed E-state index contributed by atoms with van der Waals surface area (Å²) in [5.74, 6) is -0.744. The van der Waals surface area contributed by atoms with E-state index in [1.807, 2.05) is 0 Å². The van der Waals surface area contributed by atoms with E-state index in [-0.39, 0.29) is 15.5 Å². The molecule has 0 saturated heterocycles. The molecule has 7 nitrogen and oxygen atoms in total. The molecular formula is C18H17F3N2O5S2. The van der Waals surface area contributed by atoms with E-state index < -0.39 is 44.1 Å². The van der Waals surface area contributed by atoms with E-state index in [2.05, 4.69) is 5.32 Å². The van der Waals surface area contributed by atoms with Crippen LogP contribution in [-0.2, 0) is 20.8 Å². The van der Waals surface area contributed by atoms with Gasteiger partial charge in [-0.25, -0.2) is 8.42 Å². The van der Waals surface area contributed by atoms with Gasteiger partial charge in [-0.3, -0.25) is 14.9 Å². The molecule has 0 heterocycles. The second-order valence-electron chi connectivity index (χ2n) is 6.36. The Morgan fingerprint density at radius 2 is 1.80 bits per heavy atom. The SMILES string of the molecule is CC(NC(=O)CSc1ccc(C(F)(F)F)cc1[N+](=O)[O-])c1ccc(S(C)(=O)=O)cc1. The first-order valence-electron chi connectivity index (χ1n) is 8.37. The summed E-state index contributed by atoms with van der Waals surface area (Å²) in [5, 5.41) is 13.7. The highest BCUT2D eigenvalue weighted by atomic mass is 32.2. The fourth-order valence-electron chi connectivity index (χ4n) is 2.47. The van der Waals surface area contributed by atoms with Crippen molar-refractivity contribution < 1.29 is 31.3 Å². The van der Waals surface area contributed by atoms with Gasteiger partial charge in [0.2, 0.25) is 5.91 Å². The van der Waals surface area contributed by atoms with Crippen LogP contribution in [0, 0.1) is 10.1 Å². The number of carbonyl (C=O) groups excluding carboxylic acids is 1. The summed E-state index contributed by atoms with van der Waals surface area (Å²) in [4.78, 5) is 22.4. The molecule has 0 bridgehead atoms. The lowest BCUT2D eigenvalue weighted by Gasteiger charge is -2.15. The van der Waals surface area contributed by atoms with Gasteiger partial charge in [0, 0.05) is 12.3 Å². The number of nitro benzene ring substituents is 1. The molecule has 2 rings (SSSR count). The van der Waals surface area contributed by atoms with Crippen molar-refractivity contribution >= 4 is 33.2 Å². The molecule has 12 heteroatoms. The molecule has 0 radical (unpaired) electrons. The van der Waals surface area contributed by atoms with Crippen LogP contribution < -0.4 is 5.32 Å². The lowest BCUT2D eigenvalue weighted by atomic mass is 10.1. The minimum Gasteiger partial charge on any atom is -0.349 e. The molecule has 1 unspecified atom stereocenters. The first-order chi connectivity index (χ1) is 13.8. The number of nitrogens with one attached hydrogen (secondary N) is 1. The van der Waals surface area contributed by atoms with Crippen LogP contribution in [0.4, 0.5) is 18.9 Å². The second kappa shape index (κ2) is 9.04. The van der Waals surface area contributed by atoms with Gasteiger partial charge in [0.05, 0.1) is 32.1 Å². The van der Waals surface area contributed by atoms with Crippen molar-refractivity contribution in [2.75, 3.05) is 12.0 Å². The lowest BCUT2D eigenvalue weighted by molar-refractivity contribution is -0.388. The Kier molecular flexibility index (Phi) is 7.14. The van der Waals surface area contributed by atoms with Crippen LogP contribution in [0.2, 0.25) is 0 Å². The first-order valence-corrected chi connectivity index (χ1v) is 11.2. The van der Waals surface area contributed by atoms with Crippen molar-refractivity contribution in [3.8, 4) is 0 Å². The van der Waals surface area contributed by atoms with Crippen molar-refractivity contribution in [1.82, 2.24) is 5.32 Å². The van der Waals surface area contributed by atoms with E-state index in [1.54, 1.807) is 19.1 Å². The zero-order chi connectivity index (χ0) is 22.7. The van der Waals surface area contributed by atoms with Gasteiger partial charge in [-0.15, -0.1) is 11.8 Å².